The van der Waals surface area contributed by atoms with Gasteiger partial charge in [-0.05, 0) is 39.2 Å². The van der Waals surface area contributed by atoms with E-state index in [1.54, 1.807) is 0 Å². The SMILES string of the molecule is C/C(=C/OC=O)CCC1OC1(C)C. The fraction of sp³-hybridized carbons (Fsp3) is 0.700. The number of hydrogen-bond donors (Lipinski definition) is 0. The van der Waals surface area contributed by atoms with Crippen molar-refractivity contribution in [2.75, 3.05) is 0 Å². The molecule has 1 saturated heterocycles. The number of allylic oxidation sites excluding steroid dienone is 1. The van der Waals surface area contributed by atoms with Crippen LogP contribution >= 0.6 is 0 Å². The van der Waals surface area contributed by atoms with Gasteiger partial charge in [-0.25, -0.2) is 0 Å². The molecule has 1 aliphatic rings. The maximum atomic E-state index is 9.87. The molecule has 74 valence electrons. The summed E-state index contributed by atoms with van der Waals surface area (Å²) < 4.78 is 9.94. The van der Waals surface area contributed by atoms with Gasteiger partial charge in [-0.15, -0.1) is 0 Å². The molecule has 0 N–H and O–H groups in total. The molecule has 1 heterocycles. The Morgan fingerprint density at radius 2 is 2.23 bits per heavy atom. The first-order valence-electron chi connectivity index (χ1n) is 4.49. The van der Waals surface area contributed by atoms with Gasteiger partial charge in [0.15, 0.2) is 0 Å². The second-order valence-corrected chi connectivity index (χ2v) is 3.95. The molecule has 0 aromatic heterocycles. The van der Waals surface area contributed by atoms with Crippen LogP contribution in [0.3, 0.4) is 0 Å². The Morgan fingerprint density at radius 3 is 2.69 bits per heavy atom. The predicted octanol–water partition coefficient (Wildman–Crippen LogP) is 2.02. The maximum Gasteiger partial charge on any atom is 0.297 e. The maximum absolute atomic E-state index is 9.87. The second kappa shape index (κ2) is 3.92. The summed E-state index contributed by atoms with van der Waals surface area (Å²) in [5.41, 5.74) is 1.13. The van der Waals surface area contributed by atoms with Gasteiger partial charge in [0, 0.05) is 0 Å². The molecule has 0 amide bonds. The first-order chi connectivity index (χ1) is 6.06. The zero-order valence-electron chi connectivity index (χ0n) is 8.37. The summed E-state index contributed by atoms with van der Waals surface area (Å²) in [5, 5.41) is 0. The van der Waals surface area contributed by atoms with Crippen molar-refractivity contribution in [3.05, 3.63) is 11.8 Å². The molecular formula is C10H16O3. The van der Waals surface area contributed by atoms with E-state index < -0.39 is 0 Å². The van der Waals surface area contributed by atoms with E-state index in [0.29, 0.717) is 12.6 Å². The largest absolute Gasteiger partial charge is 0.437 e. The van der Waals surface area contributed by atoms with Crippen molar-refractivity contribution in [2.45, 2.75) is 45.3 Å². The number of carbonyl (C=O) groups excluding carboxylic acids is 1. The zero-order chi connectivity index (χ0) is 9.90. The number of ether oxygens (including phenoxy) is 2. The minimum absolute atomic E-state index is 0.0613. The first kappa shape index (κ1) is 10.3. The smallest absolute Gasteiger partial charge is 0.297 e. The molecule has 0 aromatic rings. The highest BCUT2D eigenvalue weighted by Crippen LogP contribution is 2.38. The van der Waals surface area contributed by atoms with Crippen molar-refractivity contribution in [3.8, 4) is 0 Å². The predicted molar refractivity (Wildman–Crippen MR) is 49.1 cm³/mol. The van der Waals surface area contributed by atoms with Gasteiger partial charge in [-0.2, -0.15) is 0 Å². The van der Waals surface area contributed by atoms with Gasteiger partial charge in [0.2, 0.25) is 0 Å². The molecule has 3 heteroatoms. The Bertz CT molecular complexity index is 218. The average molecular weight is 184 g/mol. The molecule has 0 spiro atoms. The Morgan fingerprint density at radius 1 is 1.62 bits per heavy atom. The van der Waals surface area contributed by atoms with Crippen molar-refractivity contribution >= 4 is 6.47 Å². The van der Waals surface area contributed by atoms with Crippen LogP contribution in [0.2, 0.25) is 0 Å². The summed E-state index contributed by atoms with van der Waals surface area (Å²) >= 11 is 0. The van der Waals surface area contributed by atoms with Crippen LogP contribution < -0.4 is 0 Å². The lowest BCUT2D eigenvalue weighted by molar-refractivity contribution is -0.123. The lowest BCUT2D eigenvalue weighted by Gasteiger charge is -1.98. The molecule has 0 saturated carbocycles. The molecule has 1 aliphatic heterocycles. The highest BCUT2D eigenvalue weighted by Gasteiger charge is 2.46. The topological polar surface area (TPSA) is 38.8 Å². The van der Waals surface area contributed by atoms with Crippen molar-refractivity contribution in [1.29, 1.82) is 0 Å². The quantitative estimate of drug-likeness (QED) is 0.373. The van der Waals surface area contributed by atoms with E-state index in [9.17, 15) is 4.79 Å². The van der Waals surface area contributed by atoms with Crippen LogP contribution in [-0.2, 0) is 14.3 Å². The summed E-state index contributed by atoms with van der Waals surface area (Å²) in [7, 11) is 0. The van der Waals surface area contributed by atoms with Gasteiger partial charge < -0.3 is 9.47 Å². The van der Waals surface area contributed by atoms with Crippen LogP contribution in [0.25, 0.3) is 0 Å². The van der Waals surface area contributed by atoms with E-state index in [1.165, 1.54) is 6.26 Å². The van der Waals surface area contributed by atoms with Crippen LogP contribution in [0.4, 0.5) is 0 Å². The molecule has 0 bridgehead atoms. The molecule has 0 radical (unpaired) electrons. The zero-order valence-corrected chi connectivity index (χ0v) is 8.37. The van der Waals surface area contributed by atoms with E-state index in [0.717, 1.165) is 18.4 Å². The monoisotopic (exact) mass is 184 g/mol. The van der Waals surface area contributed by atoms with Crippen molar-refractivity contribution in [3.63, 3.8) is 0 Å². The van der Waals surface area contributed by atoms with Gasteiger partial charge in [0.1, 0.15) is 0 Å². The summed E-state index contributed by atoms with van der Waals surface area (Å²) in [5.74, 6) is 0. The molecule has 1 fully saturated rings. The van der Waals surface area contributed by atoms with Crippen molar-refractivity contribution in [1.82, 2.24) is 0 Å². The van der Waals surface area contributed by atoms with Crippen LogP contribution in [0.5, 0.6) is 0 Å². The minimum Gasteiger partial charge on any atom is -0.437 e. The molecule has 3 nitrogen and oxygen atoms in total. The fourth-order valence-corrected chi connectivity index (χ4v) is 1.30. The Kier molecular flexibility index (Phi) is 3.09. The van der Waals surface area contributed by atoms with Gasteiger partial charge in [0.25, 0.3) is 6.47 Å². The molecule has 0 aliphatic carbocycles. The van der Waals surface area contributed by atoms with Crippen LogP contribution in [0.15, 0.2) is 11.8 Å². The average Bonchev–Trinajstić information content (AvgIpc) is 2.67. The highest BCUT2D eigenvalue weighted by atomic mass is 16.6. The summed E-state index contributed by atoms with van der Waals surface area (Å²) in [6, 6.07) is 0. The number of hydrogen-bond acceptors (Lipinski definition) is 3. The molecule has 0 aromatic carbocycles. The van der Waals surface area contributed by atoms with E-state index in [2.05, 4.69) is 18.6 Å². The Labute approximate surface area is 78.7 Å². The Balaban J connectivity index is 2.16. The van der Waals surface area contributed by atoms with Crippen LogP contribution in [-0.4, -0.2) is 18.2 Å². The van der Waals surface area contributed by atoms with Gasteiger partial charge >= 0.3 is 0 Å². The molecular weight excluding hydrogens is 168 g/mol. The summed E-state index contributed by atoms with van der Waals surface area (Å²) in [6.07, 6.45) is 3.77. The van der Waals surface area contributed by atoms with Crippen molar-refractivity contribution in [2.24, 2.45) is 0 Å². The number of carbonyl (C=O) groups is 1. The van der Waals surface area contributed by atoms with E-state index in [1.807, 2.05) is 6.92 Å². The number of epoxide rings is 1. The molecule has 1 atom stereocenters. The third-order valence-electron chi connectivity index (χ3n) is 2.29. The van der Waals surface area contributed by atoms with Gasteiger partial charge in [-0.3, -0.25) is 4.79 Å². The number of rotatable bonds is 5. The molecule has 1 rings (SSSR count). The van der Waals surface area contributed by atoms with E-state index >= 15 is 0 Å². The van der Waals surface area contributed by atoms with Gasteiger partial charge in [-0.1, -0.05) is 0 Å². The highest BCUT2D eigenvalue weighted by molar-refractivity contribution is 5.38. The summed E-state index contributed by atoms with van der Waals surface area (Å²) in [4.78, 5) is 9.87. The third-order valence-corrected chi connectivity index (χ3v) is 2.29. The normalized spacial score (nSPS) is 25.5. The molecule has 1 unspecified atom stereocenters. The van der Waals surface area contributed by atoms with Crippen molar-refractivity contribution < 1.29 is 14.3 Å². The van der Waals surface area contributed by atoms with Crippen LogP contribution in [0, 0.1) is 0 Å². The Hall–Kier alpha value is -0.830. The second-order valence-electron chi connectivity index (χ2n) is 3.95. The lowest BCUT2D eigenvalue weighted by atomic mass is 10.0. The standard InChI is InChI=1S/C10H16O3/c1-8(6-12-7-11)4-5-9-10(2,3)13-9/h6-7,9H,4-5H2,1-3H3/b8-6-. The lowest BCUT2D eigenvalue weighted by Crippen LogP contribution is -2.02. The van der Waals surface area contributed by atoms with E-state index in [-0.39, 0.29) is 5.60 Å². The fourth-order valence-electron chi connectivity index (χ4n) is 1.30. The van der Waals surface area contributed by atoms with Gasteiger partial charge in [0.05, 0.1) is 18.0 Å². The molecule has 13 heavy (non-hydrogen) atoms. The third kappa shape index (κ3) is 3.19. The minimum atomic E-state index is 0.0613. The van der Waals surface area contributed by atoms with Crippen LogP contribution in [0.1, 0.15) is 33.6 Å². The summed E-state index contributed by atoms with van der Waals surface area (Å²) in [6.45, 7) is 6.54. The van der Waals surface area contributed by atoms with E-state index in [4.69, 9.17) is 4.74 Å². The first-order valence-corrected chi connectivity index (χ1v) is 4.49.